The Morgan fingerprint density at radius 3 is 2.52 bits per heavy atom. The van der Waals surface area contributed by atoms with Gasteiger partial charge >= 0.3 is 0 Å². The predicted octanol–water partition coefficient (Wildman–Crippen LogP) is 5.72. The van der Waals surface area contributed by atoms with E-state index in [1.54, 1.807) is 0 Å². The van der Waals surface area contributed by atoms with Gasteiger partial charge in [-0.05, 0) is 56.2 Å². The van der Waals surface area contributed by atoms with Crippen LogP contribution in [-0.4, -0.2) is 15.0 Å². The molecule has 0 unspecified atom stereocenters. The molecule has 3 N–H and O–H groups in total. The van der Waals surface area contributed by atoms with Crippen LogP contribution in [0.3, 0.4) is 0 Å². The number of hydrogen-bond acceptors (Lipinski definition) is 6. The van der Waals surface area contributed by atoms with Crippen LogP contribution in [0.25, 0.3) is 10.9 Å². The molecule has 0 bridgehead atoms. The molecule has 4 rings (SSSR count). The van der Waals surface area contributed by atoms with Crippen molar-refractivity contribution in [2.45, 2.75) is 20.8 Å². The highest BCUT2D eigenvalue weighted by molar-refractivity contribution is 6.32. The Morgan fingerprint density at radius 2 is 1.76 bits per heavy atom. The number of halogens is 1. The summed E-state index contributed by atoms with van der Waals surface area (Å²) < 4.78 is 5.92. The first kappa shape index (κ1) is 19.0. The van der Waals surface area contributed by atoms with E-state index in [9.17, 15) is 0 Å². The van der Waals surface area contributed by atoms with Crippen LogP contribution in [0.5, 0.6) is 11.6 Å². The Balaban J connectivity index is 1.68. The average Bonchev–Trinajstić information content (AvgIpc) is 2.69. The maximum Gasteiger partial charge on any atom is 0.248 e. The second kappa shape index (κ2) is 7.56. The monoisotopic (exact) mass is 405 g/mol. The van der Waals surface area contributed by atoms with Gasteiger partial charge in [0.2, 0.25) is 5.88 Å². The SMILES string of the molecule is Cc1ccc2cccc(Nc3ncnc(Oc4cc(C)c(Cl)c(C)c4)c3N)c2n1. The van der Waals surface area contributed by atoms with Gasteiger partial charge in [-0.15, -0.1) is 0 Å². The Morgan fingerprint density at radius 1 is 1.00 bits per heavy atom. The molecule has 6 nitrogen and oxygen atoms in total. The maximum atomic E-state index is 6.30. The highest BCUT2D eigenvalue weighted by Gasteiger charge is 2.13. The molecule has 0 saturated carbocycles. The van der Waals surface area contributed by atoms with Gasteiger partial charge in [0.25, 0.3) is 0 Å². The summed E-state index contributed by atoms with van der Waals surface area (Å²) >= 11 is 6.24. The molecule has 0 amide bonds. The Hall–Kier alpha value is -3.38. The number of anilines is 3. The molecule has 0 aliphatic carbocycles. The fraction of sp³-hybridized carbons (Fsp3) is 0.136. The third-order valence-electron chi connectivity index (χ3n) is 4.58. The lowest BCUT2D eigenvalue weighted by atomic mass is 10.1. The van der Waals surface area contributed by atoms with Gasteiger partial charge < -0.3 is 15.8 Å². The van der Waals surface area contributed by atoms with E-state index in [0.29, 0.717) is 22.3 Å². The number of hydrogen-bond donors (Lipinski definition) is 2. The van der Waals surface area contributed by atoms with Crippen molar-refractivity contribution < 1.29 is 4.74 Å². The van der Waals surface area contributed by atoms with E-state index >= 15 is 0 Å². The normalized spacial score (nSPS) is 10.9. The molecular weight excluding hydrogens is 386 g/mol. The van der Waals surface area contributed by atoms with E-state index < -0.39 is 0 Å². The van der Waals surface area contributed by atoms with Gasteiger partial charge in [0.1, 0.15) is 17.8 Å². The first-order valence-corrected chi connectivity index (χ1v) is 9.48. The van der Waals surface area contributed by atoms with Crippen LogP contribution in [0.4, 0.5) is 17.2 Å². The van der Waals surface area contributed by atoms with E-state index in [2.05, 4.69) is 20.3 Å². The van der Waals surface area contributed by atoms with Gasteiger partial charge in [-0.25, -0.2) is 4.98 Å². The Labute approximate surface area is 173 Å². The summed E-state index contributed by atoms with van der Waals surface area (Å²) in [5.41, 5.74) is 11.0. The summed E-state index contributed by atoms with van der Waals surface area (Å²) in [5.74, 6) is 1.34. The smallest absolute Gasteiger partial charge is 0.248 e. The van der Waals surface area contributed by atoms with Gasteiger partial charge in [0.05, 0.1) is 11.2 Å². The molecule has 4 aromatic rings. The van der Waals surface area contributed by atoms with E-state index in [-0.39, 0.29) is 5.88 Å². The minimum atomic E-state index is 0.271. The summed E-state index contributed by atoms with van der Waals surface area (Å²) in [5, 5.41) is 5.00. The second-order valence-electron chi connectivity index (χ2n) is 6.87. The zero-order chi connectivity index (χ0) is 20.5. The van der Waals surface area contributed by atoms with E-state index in [4.69, 9.17) is 22.1 Å². The van der Waals surface area contributed by atoms with Crippen LogP contribution < -0.4 is 15.8 Å². The number of para-hydroxylation sites is 1. The maximum absolute atomic E-state index is 6.30. The largest absolute Gasteiger partial charge is 0.437 e. The fourth-order valence-electron chi connectivity index (χ4n) is 3.11. The first-order valence-electron chi connectivity index (χ1n) is 9.11. The molecule has 0 spiro atoms. The van der Waals surface area contributed by atoms with E-state index in [0.717, 1.165) is 33.4 Å². The summed E-state index contributed by atoms with van der Waals surface area (Å²) in [6.07, 6.45) is 1.41. The molecule has 2 heterocycles. The van der Waals surface area contributed by atoms with Gasteiger partial charge in [0, 0.05) is 16.1 Å². The van der Waals surface area contributed by atoms with Crippen LogP contribution in [0.1, 0.15) is 16.8 Å². The Bertz CT molecular complexity index is 1200. The van der Waals surface area contributed by atoms with Crippen molar-refractivity contribution in [2.75, 3.05) is 11.1 Å². The van der Waals surface area contributed by atoms with Crippen LogP contribution >= 0.6 is 11.6 Å². The number of aryl methyl sites for hydroxylation is 3. The van der Waals surface area contributed by atoms with Crippen molar-refractivity contribution in [3.05, 3.63) is 70.6 Å². The number of pyridine rings is 1. The molecule has 0 atom stereocenters. The van der Waals surface area contributed by atoms with Gasteiger partial charge in [-0.2, -0.15) is 4.98 Å². The number of fused-ring (bicyclic) bond motifs is 1. The topological polar surface area (TPSA) is 86.0 Å². The van der Waals surface area contributed by atoms with E-state index in [1.165, 1.54) is 6.33 Å². The minimum absolute atomic E-state index is 0.271. The zero-order valence-electron chi connectivity index (χ0n) is 16.3. The molecule has 0 aliphatic heterocycles. The highest BCUT2D eigenvalue weighted by atomic mass is 35.5. The van der Waals surface area contributed by atoms with Crippen molar-refractivity contribution in [1.82, 2.24) is 15.0 Å². The lowest BCUT2D eigenvalue weighted by molar-refractivity contribution is 0.464. The number of nitrogen functional groups attached to an aromatic ring is 1. The number of rotatable bonds is 4. The molecule has 2 aromatic heterocycles. The van der Waals surface area contributed by atoms with Crippen molar-refractivity contribution in [1.29, 1.82) is 0 Å². The van der Waals surface area contributed by atoms with E-state index in [1.807, 2.05) is 63.2 Å². The number of ether oxygens (including phenoxy) is 1. The Kier molecular flexibility index (Phi) is 4.94. The quantitative estimate of drug-likeness (QED) is 0.451. The molecule has 0 saturated heterocycles. The third kappa shape index (κ3) is 3.79. The molecule has 0 radical (unpaired) electrons. The molecule has 7 heteroatoms. The van der Waals surface area contributed by atoms with Crippen molar-refractivity contribution in [3.8, 4) is 11.6 Å². The van der Waals surface area contributed by atoms with Crippen molar-refractivity contribution in [2.24, 2.45) is 0 Å². The van der Waals surface area contributed by atoms with Crippen LogP contribution in [0.2, 0.25) is 5.02 Å². The predicted molar refractivity (Wildman–Crippen MR) is 117 cm³/mol. The standard InChI is InChI=1S/C22H20ClN5O/c1-12-9-16(10-13(2)18(12)23)29-22-19(24)21(25-11-26-22)28-17-6-4-5-15-8-7-14(3)27-20(15)17/h4-11H,24H2,1-3H3,(H,25,26,28). The summed E-state index contributed by atoms with van der Waals surface area (Å²) in [6.45, 7) is 5.80. The number of nitrogens with two attached hydrogens (primary N) is 1. The molecule has 29 heavy (non-hydrogen) atoms. The highest BCUT2D eigenvalue weighted by Crippen LogP contribution is 2.34. The second-order valence-corrected chi connectivity index (χ2v) is 7.25. The average molecular weight is 406 g/mol. The molecule has 0 aliphatic rings. The summed E-state index contributed by atoms with van der Waals surface area (Å²) in [7, 11) is 0. The number of nitrogens with zero attached hydrogens (tertiary/aromatic N) is 3. The van der Waals surface area contributed by atoms with Crippen LogP contribution in [-0.2, 0) is 0 Å². The fourth-order valence-corrected chi connectivity index (χ4v) is 3.22. The van der Waals surface area contributed by atoms with Crippen molar-refractivity contribution in [3.63, 3.8) is 0 Å². The lowest BCUT2D eigenvalue weighted by Gasteiger charge is -2.14. The third-order valence-corrected chi connectivity index (χ3v) is 5.18. The first-order chi connectivity index (χ1) is 13.9. The van der Waals surface area contributed by atoms with Crippen molar-refractivity contribution >= 4 is 39.7 Å². The number of aromatic nitrogens is 3. The lowest BCUT2D eigenvalue weighted by Crippen LogP contribution is -2.04. The van der Waals surface area contributed by atoms with Gasteiger partial charge in [0.15, 0.2) is 5.82 Å². The van der Waals surface area contributed by atoms with Gasteiger partial charge in [-0.1, -0.05) is 29.8 Å². The minimum Gasteiger partial charge on any atom is -0.437 e. The summed E-state index contributed by atoms with van der Waals surface area (Å²) in [6, 6.07) is 13.6. The zero-order valence-corrected chi connectivity index (χ0v) is 17.1. The number of nitrogens with one attached hydrogen (secondary N) is 1. The number of benzene rings is 2. The van der Waals surface area contributed by atoms with Crippen LogP contribution in [0, 0.1) is 20.8 Å². The molecule has 146 valence electrons. The molecule has 2 aromatic carbocycles. The molecular formula is C22H20ClN5O. The van der Waals surface area contributed by atoms with Gasteiger partial charge in [-0.3, -0.25) is 4.98 Å². The van der Waals surface area contributed by atoms with Crippen LogP contribution in [0.15, 0.2) is 48.8 Å². The molecule has 0 fully saturated rings. The summed E-state index contributed by atoms with van der Waals surface area (Å²) in [4.78, 5) is 13.1.